The van der Waals surface area contributed by atoms with Gasteiger partial charge >= 0.3 is 0 Å². The average molecular weight is 292 g/mol. The highest BCUT2D eigenvalue weighted by Gasteiger charge is 2.18. The second kappa shape index (κ2) is 7.78. The number of aryl methyl sites for hydroxylation is 1. The molecule has 0 heterocycles. The van der Waals surface area contributed by atoms with E-state index in [1.54, 1.807) is 18.1 Å². The first-order chi connectivity index (χ1) is 9.83. The fraction of sp³-hybridized carbons (Fsp3) is 0.500. The van der Waals surface area contributed by atoms with Gasteiger partial charge in [-0.15, -0.1) is 0 Å². The minimum absolute atomic E-state index is 0.0752. The lowest BCUT2D eigenvalue weighted by Gasteiger charge is -2.22. The maximum atomic E-state index is 12.4. The van der Waals surface area contributed by atoms with Crippen LogP contribution >= 0.6 is 0 Å². The Hall–Kier alpha value is -1.88. The smallest absolute Gasteiger partial charge is 0.231 e. The number of hydrogen-bond donors (Lipinski definition) is 1. The predicted molar refractivity (Wildman–Crippen MR) is 82.5 cm³/mol. The van der Waals surface area contributed by atoms with Gasteiger partial charge in [-0.2, -0.15) is 0 Å². The molecule has 1 aromatic rings. The van der Waals surface area contributed by atoms with Crippen molar-refractivity contribution in [3.05, 3.63) is 29.3 Å². The maximum Gasteiger partial charge on any atom is 0.231 e. The summed E-state index contributed by atoms with van der Waals surface area (Å²) in [5.74, 6) is 0.397. The standard InChI is InChI=1S/C16H24N2O3/c1-11(2)8-18(10-16(17)20)9-14(19)13-6-5-12(3)7-15(13)21-4/h5-7,11H,8-10H2,1-4H3,(H2,17,20). The summed E-state index contributed by atoms with van der Waals surface area (Å²) in [6.07, 6.45) is 0. The molecule has 0 bridgehead atoms. The van der Waals surface area contributed by atoms with Gasteiger partial charge < -0.3 is 10.5 Å². The molecule has 1 amide bonds. The van der Waals surface area contributed by atoms with Crippen molar-refractivity contribution in [2.75, 3.05) is 26.7 Å². The average Bonchev–Trinajstić information content (AvgIpc) is 2.36. The fourth-order valence-corrected chi connectivity index (χ4v) is 2.24. The number of hydrogen-bond acceptors (Lipinski definition) is 4. The summed E-state index contributed by atoms with van der Waals surface area (Å²) in [4.78, 5) is 25.3. The van der Waals surface area contributed by atoms with Gasteiger partial charge in [0.25, 0.3) is 0 Å². The minimum Gasteiger partial charge on any atom is -0.496 e. The van der Waals surface area contributed by atoms with E-state index < -0.39 is 5.91 Å². The molecule has 0 aliphatic carbocycles. The molecule has 0 aromatic heterocycles. The molecule has 1 rings (SSSR count). The summed E-state index contributed by atoms with van der Waals surface area (Å²) >= 11 is 0. The number of amides is 1. The second-order valence-corrected chi connectivity index (χ2v) is 5.66. The largest absolute Gasteiger partial charge is 0.496 e. The molecule has 0 unspecified atom stereocenters. The minimum atomic E-state index is -0.431. The Kier molecular flexibility index (Phi) is 6.37. The van der Waals surface area contributed by atoms with E-state index in [0.717, 1.165) is 5.56 Å². The van der Waals surface area contributed by atoms with Crippen LogP contribution in [-0.2, 0) is 4.79 Å². The highest BCUT2D eigenvalue weighted by molar-refractivity contribution is 6.00. The molecule has 1 aromatic carbocycles. The zero-order valence-electron chi connectivity index (χ0n) is 13.2. The number of carbonyl (C=O) groups excluding carboxylic acids is 2. The van der Waals surface area contributed by atoms with Crippen molar-refractivity contribution in [3.63, 3.8) is 0 Å². The van der Waals surface area contributed by atoms with Gasteiger partial charge in [0.1, 0.15) is 5.75 Å². The van der Waals surface area contributed by atoms with E-state index in [0.29, 0.717) is 23.8 Å². The van der Waals surface area contributed by atoms with Crippen LogP contribution in [-0.4, -0.2) is 43.3 Å². The lowest BCUT2D eigenvalue weighted by molar-refractivity contribution is -0.119. The first kappa shape index (κ1) is 17.2. The van der Waals surface area contributed by atoms with Crippen molar-refractivity contribution >= 4 is 11.7 Å². The number of Topliss-reactive ketones (excluding diaryl/α,β-unsaturated/α-hetero) is 1. The number of primary amides is 1. The molecular formula is C16H24N2O3. The number of carbonyl (C=O) groups is 2. The van der Waals surface area contributed by atoms with Crippen molar-refractivity contribution in [1.82, 2.24) is 4.90 Å². The van der Waals surface area contributed by atoms with Gasteiger partial charge in [0.05, 0.1) is 25.8 Å². The van der Waals surface area contributed by atoms with E-state index in [-0.39, 0.29) is 18.9 Å². The highest BCUT2D eigenvalue weighted by atomic mass is 16.5. The lowest BCUT2D eigenvalue weighted by atomic mass is 10.1. The number of ether oxygens (including phenoxy) is 1. The first-order valence-corrected chi connectivity index (χ1v) is 7.02. The van der Waals surface area contributed by atoms with Crippen molar-refractivity contribution in [3.8, 4) is 5.75 Å². The lowest BCUT2D eigenvalue weighted by Crippen LogP contribution is -2.39. The molecule has 0 radical (unpaired) electrons. The Balaban J connectivity index is 2.88. The Morgan fingerprint density at radius 1 is 1.29 bits per heavy atom. The van der Waals surface area contributed by atoms with E-state index in [2.05, 4.69) is 0 Å². The van der Waals surface area contributed by atoms with E-state index in [1.807, 2.05) is 32.9 Å². The van der Waals surface area contributed by atoms with Crippen LogP contribution in [0.4, 0.5) is 0 Å². The van der Waals surface area contributed by atoms with Crippen LogP contribution in [0.5, 0.6) is 5.75 Å². The number of nitrogens with zero attached hydrogens (tertiary/aromatic N) is 1. The van der Waals surface area contributed by atoms with Gasteiger partial charge in [-0.05, 0) is 30.5 Å². The maximum absolute atomic E-state index is 12.4. The summed E-state index contributed by atoms with van der Waals surface area (Å²) in [7, 11) is 1.54. The van der Waals surface area contributed by atoms with Crippen LogP contribution in [0.25, 0.3) is 0 Å². The van der Waals surface area contributed by atoms with E-state index >= 15 is 0 Å². The zero-order chi connectivity index (χ0) is 16.0. The Morgan fingerprint density at radius 2 is 1.95 bits per heavy atom. The summed E-state index contributed by atoms with van der Waals surface area (Å²) in [6.45, 7) is 6.88. The molecular weight excluding hydrogens is 268 g/mol. The monoisotopic (exact) mass is 292 g/mol. The molecule has 0 aliphatic rings. The molecule has 0 spiro atoms. The van der Waals surface area contributed by atoms with Crippen LogP contribution in [0.1, 0.15) is 29.8 Å². The molecule has 116 valence electrons. The van der Waals surface area contributed by atoms with Crippen LogP contribution in [0.2, 0.25) is 0 Å². The Labute approximate surface area is 126 Å². The number of methoxy groups -OCH3 is 1. The topological polar surface area (TPSA) is 72.6 Å². The number of ketones is 1. The van der Waals surface area contributed by atoms with Gasteiger partial charge in [0.15, 0.2) is 5.78 Å². The molecule has 5 heteroatoms. The van der Waals surface area contributed by atoms with Crippen molar-refractivity contribution < 1.29 is 14.3 Å². The summed E-state index contributed by atoms with van der Waals surface area (Å²) in [5, 5.41) is 0. The fourth-order valence-electron chi connectivity index (χ4n) is 2.24. The third-order valence-electron chi connectivity index (χ3n) is 3.03. The third-order valence-corrected chi connectivity index (χ3v) is 3.03. The van der Waals surface area contributed by atoms with E-state index in [1.165, 1.54) is 0 Å². The molecule has 21 heavy (non-hydrogen) atoms. The van der Waals surface area contributed by atoms with Crippen molar-refractivity contribution in [2.24, 2.45) is 11.7 Å². The third kappa shape index (κ3) is 5.55. The van der Waals surface area contributed by atoms with Crippen LogP contribution in [0.15, 0.2) is 18.2 Å². The quantitative estimate of drug-likeness (QED) is 0.739. The number of nitrogens with two attached hydrogens (primary N) is 1. The predicted octanol–water partition coefficient (Wildman–Crippen LogP) is 1.63. The van der Waals surface area contributed by atoms with Crippen LogP contribution < -0.4 is 10.5 Å². The first-order valence-electron chi connectivity index (χ1n) is 7.02. The normalized spacial score (nSPS) is 11.0. The second-order valence-electron chi connectivity index (χ2n) is 5.66. The van der Waals surface area contributed by atoms with Crippen LogP contribution in [0.3, 0.4) is 0 Å². The summed E-state index contributed by atoms with van der Waals surface area (Å²) in [6, 6.07) is 5.46. The van der Waals surface area contributed by atoms with Crippen LogP contribution in [0, 0.1) is 12.8 Å². The van der Waals surface area contributed by atoms with Gasteiger partial charge in [0, 0.05) is 6.54 Å². The van der Waals surface area contributed by atoms with E-state index in [9.17, 15) is 9.59 Å². The molecule has 5 nitrogen and oxygen atoms in total. The van der Waals surface area contributed by atoms with Crippen molar-refractivity contribution in [1.29, 1.82) is 0 Å². The van der Waals surface area contributed by atoms with Gasteiger partial charge in [0.2, 0.25) is 5.91 Å². The molecule has 0 atom stereocenters. The van der Waals surface area contributed by atoms with Gasteiger partial charge in [-0.3, -0.25) is 14.5 Å². The highest BCUT2D eigenvalue weighted by Crippen LogP contribution is 2.20. The van der Waals surface area contributed by atoms with Crippen molar-refractivity contribution in [2.45, 2.75) is 20.8 Å². The Bertz CT molecular complexity index is 512. The number of rotatable bonds is 8. The molecule has 0 aliphatic heterocycles. The van der Waals surface area contributed by atoms with Gasteiger partial charge in [-0.25, -0.2) is 0 Å². The van der Waals surface area contributed by atoms with Gasteiger partial charge in [-0.1, -0.05) is 19.9 Å². The summed E-state index contributed by atoms with van der Waals surface area (Å²) < 4.78 is 5.26. The summed E-state index contributed by atoms with van der Waals surface area (Å²) in [5.41, 5.74) is 6.80. The number of benzene rings is 1. The zero-order valence-corrected chi connectivity index (χ0v) is 13.2. The Morgan fingerprint density at radius 3 is 2.48 bits per heavy atom. The molecule has 0 fully saturated rings. The SMILES string of the molecule is COc1cc(C)ccc1C(=O)CN(CC(N)=O)CC(C)C. The molecule has 0 saturated carbocycles. The molecule has 2 N–H and O–H groups in total. The molecule has 0 saturated heterocycles. The van der Waals surface area contributed by atoms with E-state index in [4.69, 9.17) is 10.5 Å².